The second kappa shape index (κ2) is 8.03. The van der Waals surface area contributed by atoms with E-state index in [4.69, 9.17) is 9.47 Å². The second-order valence-corrected chi connectivity index (χ2v) is 5.92. The molecule has 0 saturated carbocycles. The average Bonchev–Trinajstić information content (AvgIpc) is 2.52. The van der Waals surface area contributed by atoms with E-state index in [1.54, 1.807) is 25.3 Å². The van der Waals surface area contributed by atoms with Crippen molar-refractivity contribution in [1.82, 2.24) is 0 Å². The number of methoxy groups -OCH3 is 1. The Balaban J connectivity index is 2.15. The molecule has 0 unspecified atom stereocenters. The maximum atomic E-state index is 12.3. The van der Waals surface area contributed by atoms with E-state index >= 15 is 0 Å². The smallest absolute Gasteiger partial charge is 0.255 e. The Hall–Kier alpha value is -1.76. The molecule has 1 N–H and O–H groups in total. The van der Waals surface area contributed by atoms with Crippen LogP contribution in [0.5, 0.6) is 11.5 Å². The number of benzene rings is 2. The fourth-order valence-corrected chi connectivity index (χ4v) is 2.45. The van der Waals surface area contributed by atoms with Crippen LogP contribution in [-0.4, -0.2) is 19.6 Å². The molecular weight excluding hydrogens is 393 g/mol. The monoisotopic (exact) mass is 411 g/mol. The lowest BCUT2D eigenvalue weighted by Crippen LogP contribution is -2.12. The quantitative estimate of drug-likeness (QED) is 0.720. The Morgan fingerprint density at radius 2 is 2.00 bits per heavy atom. The predicted molar refractivity (Wildman–Crippen MR) is 95.9 cm³/mol. The molecule has 0 fully saturated rings. The molecule has 22 heavy (non-hydrogen) atoms. The first-order valence-electron chi connectivity index (χ1n) is 7.01. The molecule has 116 valence electrons. The van der Waals surface area contributed by atoms with Gasteiger partial charge in [-0.15, -0.1) is 0 Å². The topological polar surface area (TPSA) is 47.6 Å². The summed E-state index contributed by atoms with van der Waals surface area (Å²) in [6.45, 7) is 2.65. The summed E-state index contributed by atoms with van der Waals surface area (Å²) in [7, 11) is 1.56. The van der Waals surface area contributed by atoms with Crippen LogP contribution in [0.4, 0.5) is 5.69 Å². The van der Waals surface area contributed by atoms with Crippen LogP contribution in [0.1, 0.15) is 23.7 Å². The molecule has 2 aromatic carbocycles. The van der Waals surface area contributed by atoms with Crippen LogP contribution in [0.15, 0.2) is 42.5 Å². The van der Waals surface area contributed by atoms with Crippen molar-refractivity contribution in [1.29, 1.82) is 0 Å². The highest BCUT2D eigenvalue weighted by atomic mass is 127. The molecule has 0 aromatic heterocycles. The van der Waals surface area contributed by atoms with E-state index in [-0.39, 0.29) is 5.91 Å². The lowest BCUT2D eigenvalue weighted by molar-refractivity contribution is 0.102. The van der Waals surface area contributed by atoms with Gasteiger partial charge in [0.25, 0.3) is 5.91 Å². The first-order chi connectivity index (χ1) is 10.6. The average molecular weight is 411 g/mol. The van der Waals surface area contributed by atoms with E-state index in [0.29, 0.717) is 23.7 Å². The molecule has 0 aliphatic carbocycles. The second-order valence-electron chi connectivity index (χ2n) is 4.68. The van der Waals surface area contributed by atoms with E-state index in [9.17, 15) is 4.79 Å². The van der Waals surface area contributed by atoms with Crippen molar-refractivity contribution in [2.45, 2.75) is 13.3 Å². The van der Waals surface area contributed by atoms with Gasteiger partial charge < -0.3 is 14.8 Å². The lowest BCUT2D eigenvalue weighted by Gasteiger charge is -2.12. The standard InChI is InChI=1S/C17H18INO3/c1-3-9-22-15-8-7-12(10-16(15)21-2)17(20)19-14-6-4-5-13(18)11-14/h4-8,10-11H,3,9H2,1-2H3,(H,19,20). The molecule has 0 heterocycles. The predicted octanol–water partition coefficient (Wildman–Crippen LogP) is 4.34. The third-order valence-corrected chi connectivity index (χ3v) is 3.64. The van der Waals surface area contributed by atoms with Crippen molar-refractivity contribution in [2.75, 3.05) is 19.0 Å². The van der Waals surface area contributed by atoms with Gasteiger partial charge in [0.2, 0.25) is 0 Å². The third-order valence-electron chi connectivity index (χ3n) is 2.97. The highest BCUT2D eigenvalue weighted by molar-refractivity contribution is 14.1. The number of carbonyl (C=O) groups is 1. The molecule has 0 bridgehead atoms. The number of hydrogen-bond donors (Lipinski definition) is 1. The summed E-state index contributed by atoms with van der Waals surface area (Å²) >= 11 is 2.21. The van der Waals surface area contributed by atoms with Crippen molar-refractivity contribution in [3.8, 4) is 11.5 Å². The minimum absolute atomic E-state index is 0.178. The van der Waals surface area contributed by atoms with Gasteiger partial charge in [-0.25, -0.2) is 0 Å². The maximum absolute atomic E-state index is 12.3. The van der Waals surface area contributed by atoms with Gasteiger partial charge in [0, 0.05) is 14.8 Å². The minimum Gasteiger partial charge on any atom is -0.493 e. The fourth-order valence-electron chi connectivity index (χ4n) is 1.91. The molecule has 0 saturated heterocycles. The van der Waals surface area contributed by atoms with Crippen LogP contribution in [0, 0.1) is 3.57 Å². The summed E-state index contributed by atoms with van der Waals surface area (Å²) in [5.41, 5.74) is 1.29. The lowest BCUT2D eigenvalue weighted by atomic mass is 10.2. The minimum atomic E-state index is -0.178. The van der Waals surface area contributed by atoms with Crippen LogP contribution >= 0.6 is 22.6 Å². The van der Waals surface area contributed by atoms with Crippen molar-refractivity contribution in [3.05, 3.63) is 51.6 Å². The molecule has 0 radical (unpaired) electrons. The number of rotatable bonds is 6. The zero-order chi connectivity index (χ0) is 15.9. The molecule has 1 amide bonds. The van der Waals surface area contributed by atoms with E-state index in [1.165, 1.54) is 0 Å². The molecule has 5 heteroatoms. The first kappa shape index (κ1) is 16.6. The number of amides is 1. The number of halogens is 1. The number of nitrogens with one attached hydrogen (secondary N) is 1. The molecular formula is C17H18INO3. The Morgan fingerprint density at radius 1 is 1.18 bits per heavy atom. The Kier molecular flexibility index (Phi) is 6.06. The highest BCUT2D eigenvalue weighted by Crippen LogP contribution is 2.28. The highest BCUT2D eigenvalue weighted by Gasteiger charge is 2.11. The van der Waals surface area contributed by atoms with Crippen LogP contribution in [0.3, 0.4) is 0 Å². The van der Waals surface area contributed by atoms with E-state index in [2.05, 4.69) is 27.9 Å². The van der Waals surface area contributed by atoms with Gasteiger partial charge in [-0.1, -0.05) is 13.0 Å². The van der Waals surface area contributed by atoms with E-state index in [0.717, 1.165) is 15.7 Å². The number of carbonyl (C=O) groups excluding carboxylic acids is 1. The van der Waals surface area contributed by atoms with Crippen LogP contribution in [0.2, 0.25) is 0 Å². The van der Waals surface area contributed by atoms with Crippen LogP contribution < -0.4 is 14.8 Å². The number of anilines is 1. The normalized spacial score (nSPS) is 10.1. The van der Waals surface area contributed by atoms with Gasteiger partial charge in [0.05, 0.1) is 13.7 Å². The molecule has 0 spiro atoms. The van der Waals surface area contributed by atoms with Crippen LogP contribution in [-0.2, 0) is 0 Å². The summed E-state index contributed by atoms with van der Waals surface area (Å²) in [4.78, 5) is 12.3. The molecule has 2 aromatic rings. The maximum Gasteiger partial charge on any atom is 0.255 e. The number of ether oxygens (including phenoxy) is 2. The van der Waals surface area contributed by atoms with Crippen molar-refractivity contribution < 1.29 is 14.3 Å². The fraction of sp³-hybridized carbons (Fsp3) is 0.235. The molecule has 0 aliphatic rings. The zero-order valence-electron chi connectivity index (χ0n) is 12.6. The Bertz CT molecular complexity index is 658. The molecule has 0 aliphatic heterocycles. The van der Waals surface area contributed by atoms with Gasteiger partial charge in [0.15, 0.2) is 11.5 Å². The summed E-state index contributed by atoms with van der Waals surface area (Å²) in [6, 6.07) is 12.8. The Morgan fingerprint density at radius 3 is 2.68 bits per heavy atom. The van der Waals surface area contributed by atoms with Gasteiger partial charge >= 0.3 is 0 Å². The van der Waals surface area contributed by atoms with Crippen molar-refractivity contribution in [2.24, 2.45) is 0 Å². The molecule has 2 rings (SSSR count). The Labute approximate surface area is 144 Å². The molecule has 4 nitrogen and oxygen atoms in total. The SMILES string of the molecule is CCCOc1ccc(C(=O)Nc2cccc(I)c2)cc1OC. The number of hydrogen-bond acceptors (Lipinski definition) is 3. The summed E-state index contributed by atoms with van der Waals surface area (Å²) < 4.78 is 12.0. The van der Waals surface area contributed by atoms with Gasteiger partial charge in [-0.3, -0.25) is 4.79 Å². The first-order valence-corrected chi connectivity index (χ1v) is 8.09. The van der Waals surface area contributed by atoms with Gasteiger partial charge in [-0.2, -0.15) is 0 Å². The summed E-state index contributed by atoms with van der Waals surface area (Å²) in [5.74, 6) is 1.03. The third kappa shape index (κ3) is 4.37. The summed E-state index contributed by atoms with van der Waals surface area (Å²) in [5, 5.41) is 2.87. The van der Waals surface area contributed by atoms with Crippen LogP contribution in [0.25, 0.3) is 0 Å². The van der Waals surface area contributed by atoms with Crippen molar-refractivity contribution in [3.63, 3.8) is 0 Å². The van der Waals surface area contributed by atoms with E-state index < -0.39 is 0 Å². The zero-order valence-corrected chi connectivity index (χ0v) is 14.7. The van der Waals surface area contributed by atoms with E-state index in [1.807, 2.05) is 31.2 Å². The summed E-state index contributed by atoms with van der Waals surface area (Å²) in [6.07, 6.45) is 0.915. The van der Waals surface area contributed by atoms with Gasteiger partial charge in [0.1, 0.15) is 0 Å². The van der Waals surface area contributed by atoms with Gasteiger partial charge in [-0.05, 0) is 65.4 Å². The largest absolute Gasteiger partial charge is 0.493 e. The van der Waals surface area contributed by atoms with Crippen molar-refractivity contribution >= 4 is 34.2 Å². The molecule has 0 atom stereocenters.